The third-order valence-corrected chi connectivity index (χ3v) is 2.54. The normalized spacial score (nSPS) is 21.0. The van der Waals surface area contributed by atoms with E-state index in [1.165, 1.54) is 6.92 Å². The van der Waals surface area contributed by atoms with Gasteiger partial charge in [0, 0.05) is 5.25 Å². The highest BCUT2D eigenvalue weighted by Gasteiger charge is 2.40. The molecule has 0 bridgehead atoms. The van der Waals surface area contributed by atoms with Crippen LogP contribution in [0.2, 0.25) is 0 Å². The van der Waals surface area contributed by atoms with E-state index in [2.05, 4.69) is 12.6 Å². The smallest absolute Gasteiger partial charge is 0.176 e. The topological polar surface area (TPSA) is 0 Å². The number of rotatable bonds is 2. The molecule has 0 aromatic heterocycles. The van der Waals surface area contributed by atoms with Gasteiger partial charge in [-0.2, -0.15) is 25.8 Å². The molecule has 0 spiro atoms. The van der Waals surface area contributed by atoms with Crippen molar-refractivity contribution in [2.24, 2.45) is 11.8 Å². The fraction of sp³-hybridized carbons (Fsp3) is 1.00. The first-order valence-corrected chi connectivity index (χ1v) is 4.03. The first-order valence-electron chi connectivity index (χ1n) is 3.51. The Bertz CT molecular complexity index is 119. The molecule has 0 aromatic rings. The van der Waals surface area contributed by atoms with Gasteiger partial charge in [-0.05, 0) is 5.92 Å². The van der Waals surface area contributed by atoms with Crippen molar-refractivity contribution in [3.8, 4) is 0 Å². The van der Waals surface area contributed by atoms with Crippen LogP contribution in [0.25, 0.3) is 0 Å². The van der Waals surface area contributed by atoms with E-state index in [4.69, 9.17) is 0 Å². The van der Waals surface area contributed by atoms with Crippen LogP contribution in [0, 0.1) is 11.8 Å². The Morgan fingerprint density at radius 3 is 1.55 bits per heavy atom. The van der Waals surface area contributed by atoms with Crippen LogP contribution in [-0.4, -0.2) is 11.4 Å². The summed E-state index contributed by atoms with van der Waals surface area (Å²) in [6.07, 6.45) is -4.09. The Balaban J connectivity index is 4.13. The van der Waals surface area contributed by atoms with Crippen LogP contribution >= 0.6 is 12.6 Å². The molecule has 0 aromatic carbocycles. The molecule has 0 heterocycles. The first kappa shape index (κ1) is 11.1. The standard InChI is InChI=1S/C7H13F3S/c1-4(6(3)11)5(2)7(8,9)10/h4-6,11H,1-3H3/t4-,5-,6?/m0/s1. The van der Waals surface area contributed by atoms with Crippen LogP contribution in [0.3, 0.4) is 0 Å². The molecule has 3 atom stereocenters. The summed E-state index contributed by atoms with van der Waals surface area (Å²) in [5, 5.41) is -0.216. The molecule has 4 heteroatoms. The average Bonchev–Trinajstić information content (AvgIpc) is 1.82. The van der Waals surface area contributed by atoms with Gasteiger partial charge in [0.2, 0.25) is 0 Å². The minimum atomic E-state index is -4.09. The highest BCUT2D eigenvalue weighted by Crippen LogP contribution is 2.34. The minimum Gasteiger partial charge on any atom is -0.176 e. The summed E-state index contributed by atoms with van der Waals surface area (Å²) in [6, 6.07) is 0. The fourth-order valence-corrected chi connectivity index (χ4v) is 0.974. The lowest BCUT2D eigenvalue weighted by molar-refractivity contribution is -0.181. The Kier molecular flexibility index (Phi) is 3.74. The maximum absolute atomic E-state index is 12.0. The van der Waals surface area contributed by atoms with Crippen molar-refractivity contribution in [1.82, 2.24) is 0 Å². The Hall–Kier alpha value is 0.140. The molecule has 11 heavy (non-hydrogen) atoms. The van der Waals surface area contributed by atoms with Crippen molar-refractivity contribution in [3.05, 3.63) is 0 Å². The minimum absolute atomic E-state index is 0.216. The van der Waals surface area contributed by atoms with Crippen molar-refractivity contribution in [2.75, 3.05) is 0 Å². The van der Waals surface area contributed by atoms with Crippen molar-refractivity contribution >= 4 is 12.6 Å². The number of hydrogen-bond acceptors (Lipinski definition) is 1. The zero-order valence-electron chi connectivity index (χ0n) is 6.81. The van der Waals surface area contributed by atoms with Crippen LogP contribution < -0.4 is 0 Å². The molecule has 0 rings (SSSR count). The molecular formula is C7H13F3S. The van der Waals surface area contributed by atoms with Gasteiger partial charge >= 0.3 is 6.18 Å². The largest absolute Gasteiger partial charge is 0.391 e. The summed E-state index contributed by atoms with van der Waals surface area (Å²) < 4.78 is 36.1. The monoisotopic (exact) mass is 186 g/mol. The quantitative estimate of drug-likeness (QED) is 0.629. The molecule has 0 radical (unpaired) electrons. The number of halogens is 3. The van der Waals surface area contributed by atoms with Crippen molar-refractivity contribution in [1.29, 1.82) is 0 Å². The number of thiol groups is 1. The summed E-state index contributed by atoms with van der Waals surface area (Å²) in [4.78, 5) is 0. The maximum Gasteiger partial charge on any atom is 0.391 e. The molecular weight excluding hydrogens is 173 g/mol. The first-order chi connectivity index (χ1) is 4.76. The van der Waals surface area contributed by atoms with E-state index >= 15 is 0 Å². The molecule has 0 aliphatic rings. The van der Waals surface area contributed by atoms with Crippen molar-refractivity contribution < 1.29 is 13.2 Å². The number of alkyl halides is 3. The summed E-state index contributed by atoms with van der Waals surface area (Å²) >= 11 is 3.96. The Morgan fingerprint density at radius 1 is 1.09 bits per heavy atom. The third kappa shape index (κ3) is 3.36. The average molecular weight is 186 g/mol. The van der Waals surface area contributed by atoms with Gasteiger partial charge in [-0.1, -0.05) is 20.8 Å². The van der Waals surface area contributed by atoms with Crippen molar-refractivity contribution in [2.45, 2.75) is 32.2 Å². The Morgan fingerprint density at radius 2 is 1.45 bits per heavy atom. The van der Waals surface area contributed by atoms with Gasteiger partial charge in [-0.15, -0.1) is 0 Å². The third-order valence-electron chi connectivity index (χ3n) is 2.07. The van der Waals surface area contributed by atoms with Crippen LogP contribution in [0.1, 0.15) is 20.8 Å². The van der Waals surface area contributed by atoms with Gasteiger partial charge in [-0.25, -0.2) is 0 Å². The fourth-order valence-electron chi connectivity index (χ4n) is 0.716. The molecule has 0 N–H and O–H groups in total. The zero-order valence-corrected chi connectivity index (χ0v) is 7.71. The molecule has 0 amide bonds. The van der Waals surface area contributed by atoms with E-state index in [0.717, 1.165) is 0 Å². The summed E-state index contributed by atoms with van der Waals surface area (Å²) in [7, 11) is 0. The van der Waals surface area contributed by atoms with Gasteiger partial charge < -0.3 is 0 Å². The van der Waals surface area contributed by atoms with E-state index in [-0.39, 0.29) is 5.25 Å². The molecule has 0 fully saturated rings. The SMILES string of the molecule is CC(S)[C@@H](C)[C@H](C)C(F)(F)F. The lowest BCUT2D eigenvalue weighted by atomic mass is 9.93. The summed E-state index contributed by atoms with van der Waals surface area (Å²) in [6.45, 7) is 4.43. The second-order valence-corrected chi connectivity index (χ2v) is 3.74. The van der Waals surface area contributed by atoms with Gasteiger partial charge in [0.05, 0.1) is 5.92 Å². The zero-order chi connectivity index (χ0) is 9.23. The van der Waals surface area contributed by atoms with Crippen LogP contribution in [0.15, 0.2) is 0 Å². The lowest BCUT2D eigenvalue weighted by Gasteiger charge is -2.24. The van der Waals surface area contributed by atoms with E-state index in [0.29, 0.717) is 0 Å². The van der Waals surface area contributed by atoms with E-state index in [1.807, 2.05) is 0 Å². The molecule has 1 unspecified atom stereocenters. The molecule has 0 aliphatic heterocycles. The van der Waals surface area contributed by atoms with Crippen LogP contribution in [0.5, 0.6) is 0 Å². The molecule has 0 saturated carbocycles. The summed E-state index contributed by atoms with van der Waals surface area (Å²) in [5.74, 6) is -1.70. The molecule has 0 saturated heterocycles. The highest BCUT2D eigenvalue weighted by atomic mass is 32.1. The second kappa shape index (κ2) is 3.70. The Labute approximate surface area is 70.6 Å². The lowest BCUT2D eigenvalue weighted by Crippen LogP contribution is -2.30. The molecule has 68 valence electrons. The van der Waals surface area contributed by atoms with Crippen LogP contribution in [0.4, 0.5) is 13.2 Å². The van der Waals surface area contributed by atoms with Crippen LogP contribution in [-0.2, 0) is 0 Å². The number of hydrogen-bond donors (Lipinski definition) is 1. The highest BCUT2D eigenvalue weighted by molar-refractivity contribution is 7.80. The van der Waals surface area contributed by atoms with Gasteiger partial charge in [0.15, 0.2) is 0 Å². The van der Waals surface area contributed by atoms with Crippen molar-refractivity contribution in [3.63, 3.8) is 0 Å². The van der Waals surface area contributed by atoms with E-state index in [1.54, 1.807) is 13.8 Å². The summed E-state index contributed by atoms with van der Waals surface area (Å²) in [5.41, 5.74) is 0. The maximum atomic E-state index is 12.0. The second-order valence-electron chi connectivity index (χ2n) is 2.93. The van der Waals surface area contributed by atoms with Gasteiger partial charge in [0.25, 0.3) is 0 Å². The predicted molar refractivity (Wildman–Crippen MR) is 42.8 cm³/mol. The molecule has 0 nitrogen and oxygen atoms in total. The molecule has 0 aliphatic carbocycles. The predicted octanol–water partition coefficient (Wildman–Crippen LogP) is 3.14. The van der Waals surface area contributed by atoms with Gasteiger partial charge in [-0.3, -0.25) is 0 Å². The van der Waals surface area contributed by atoms with Gasteiger partial charge in [0.1, 0.15) is 0 Å². The van der Waals surface area contributed by atoms with E-state index < -0.39 is 18.0 Å². The van der Waals surface area contributed by atoms with E-state index in [9.17, 15) is 13.2 Å².